The Morgan fingerprint density at radius 3 is 2.29 bits per heavy atom. The number of anilines is 2. The number of sulfonamides is 1. The first-order valence-electron chi connectivity index (χ1n) is 22.2. The zero-order chi connectivity index (χ0) is 47.1. The molecule has 1 aliphatic carbocycles. The molecule has 1 amide bonds. The summed E-state index contributed by atoms with van der Waals surface area (Å²) in [7, 11) is -10.4. The lowest BCUT2D eigenvalue weighted by molar-refractivity contribution is 0.0981. The van der Waals surface area contributed by atoms with Gasteiger partial charge in [-0.25, -0.2) is 21.6 Å². The highest BCUT2D eigenvalue weighted by Gasteiger charge is 2.46. The molecule has 2 saturated heterocycles. The monoisotopic (exact) mass is 1000 g/mol. The number of amides is 1. The van der Waals surface area contributed by atoms with Crippen molar-refractivity contribution in [3.8, 4) is 0 Å². The van der Waals surface area contributed by atoms with Crippen LogP contribution in [0.15, 0.2) is 117 Å². The highest BCUT2D eigenvalue weighted by Crippen LogP contribution is 2.43. The number of sulfone groups is 1. The van der Waals surface area contributed by atoms with E-state index in [0.29, 0.717) is 44.5 Å². The molecule has 4 aromatic carbocycles. The number of hydrogen-bond acceptors (Lipinski definition) is 11. The van der Waals surface area contributed by atoms with Gasteiger partial charge in [0.25, 0.3) is 25.8 Å². The fourth-order valence-electron chi connectivity index (χ4n) is 8.69. The fourth-order valence-corrected chi connectivity index (χ4v) is 12.1. The van der Waals surface area contributed by atoms with E-state index < -0.39 is 46.3 Å². The Bertz CT molecular complexity index is 2550. The number of halogens is 4. The number of hydrogen-bond donors (Lipinski definition) is 2. The Balaban J connectivity index is 1.02. The average molecular weight is 1010 g/mol. The van der Waals surface area contributed by atoms with Crippen LogP contribution in [0.5, 0.6) is 0 Å². The van der Waals surface area contributed by atoms with Gasteiger partial charge in [0.05, 0.1) is 22.1 Å². The molecule has 0 bridgehead atoms. The molecule has 2 heterocycles. The van der Waals surface area contributed by atoms with E-state index in [1.54, 1.807) is 12.1 Å². The second-order valence-electron chi connectivity index (χ2n) is 17.8. The highest BCUT2D eigenvalue weighted by molar-refractivity contribution is 7.99. The Hall–Kier alpha value is -3.74. The number of thioether (sulfide) groups is 1. The molecule has 356 valence electrons. The smallest absolute Gasteiger partial charge is 0.380 e. The number of nitrogens with one attached hydrogen (secondary N) is 2. The molecule has 0 saturated carbocycles. The quantitative estimate of drug-likeness (QED) is 0.0776. The van der Waals surface area contributed by atoms with Crippen molar-refractivity contribution in [3.05, 3.63) is 119 Å². The molecule has 0 aromatic heterocycles. The van der Waals surface area contributed by atoms with Crippen LogP contribution < -0.4 is 14.9 Å². The van der Waals surface area contributed by atoms with E-state index in [4.69, 9.17) is 27.9 Å². The molecule has 1 atom stereocenters. The van der Waals surface area contributed by atoms with E-state index in [9.17, 15) is 30.4 Å². The molecule has 4 aromatic rings. The maximum absolute atomic E-state index is 14.6. The second kappa shape index (κ2) is 21.7. The third-order valence-corrected chi connectivity index (χ3v) is 17.3. The van der Waals surface area contributed by atoms with Crippen LogP contribution >= 0.6 is 35.0 Å². The molecule has 0 unspecified atom stereocenters. The number of rotatable bonds is 17. The van der Waals surface area contributed by atoms with Gasteiger partial charge in [-0.05, 0) is 127 Å². The molecule has 3 aliphatic rings. The van der Waals surface area contributed by atoms with Crippen molar-refractivity contribution in [1.82, 2.24) is 14.5 Å². The van der Waals surface area contributed by atoms with Gasteiger partial charge in [0, 0.05) is 91.9 Å². The van der Waals surface area contributed by atoms with Gasteiger partial charge < -0.3 is 19.9 Å². The standard InChI is InChI=1S/C48H57Cl2F2N5O6S3/c1-47(2)21-19-43(35-9-13-38(49)14-10-35)37(32-47)33-56-24-26-57(27-25-56)40-15-11-36(12-16-40)46(58)54-66(61,62)42-17-18-44(45(31-42)65(59,60)48(50,51)52)53-39(34-64-41-7-4-3-5-8-41)20-23-55-22-6-29-63-30-28-55/h3-5,7-18,31,39,53H,6,19-30,32-34H2,1-2H3,(H,54,58)/t39-/m1/s1. The summed E-state index contributed by atoms with van der Waals surface area (Å²) in [5.74, 6) is -0.544. The molecule has 2 N–H and O–H groups in total. The molecule has 0 radical (unpaired) electrons. The summed E-state index contributed by atoms with van der Waals surface area (Å²) in [5.41, 5.74) is 4.98. The van der Waals surface area contributed by atoms with Gasteiger partial charge in [-0.3, -0.25) is 9.69 Å². The van der Waals surface area contributed by atoms with Crippen LogP contribution in [0.2, 0.25) is 5.02 Å². The van der Waals surface area contributed by atoms with Crippen molar-refractivity contribution in [1.29, 1.82) is 0 Å². The van der Waals surface area contributed by atoms with E-state index in [2.05, 4.69) is 46.0 Å². The SMILES string of the molecule is CC1(C)CCC(c2ccc(Cl)cc2)=C(CN2CCN(c3ccc(C(=O)NS(=O)(=O)c4ccc(N[C@H](CCN5CCCOCC5)CSc5ccccc5)c(S(=O)(=O)C(F)(F)Cl)c4)cc3)CC2)C1. The lowest BCUT2D eigenvalue weighted by Gasteiger charge is -2.39. The first-order chi connectivity index (χ1) is 31.4. The van der Waals surface area contributed by atoms with Gasteiger partial charge in [0.15, 0.2) is 0 Å². The summed E-state index contributed by atoms with van der Waals surface area (Å²) in [5, 5.41) is 3.84. The summed E-state index contributed by atoms with van der Waals surface area (Å²) < 4.78 is 86.1. The van der Waals surface area contributed by atoms with Crippen LogP contribution in [-0.4, -0.2) is 115 Å². The number of nitrogens with zero attached hydrogens (tertiary/aromatic N) is 3. The van der Waals surface area contributed by atoms with Gasteiger partial charge in [0.2, 0.25) is 0 Å². The van der Waals surface area contributed by atoms with E-state index >= 15 is 0 Å². The fraction of sp³-hybridized carbons (Fsp3) is 0.438. The Morgan fingerprint density at radius 2 is 1.59 bits per heavy atom. The predicted octanol–water partition coefficient (Wildman–Crippen LogP) is 9.49. The van der Waals surface area contributed by atoms with E-state index in [0.717, 1.165) is 92.7 Å². The highest BCUT2D eigenvalue weighted by atomic mass is 35.5. The lowest BCUT2D eigenvalue weighted by atomic mass is 9.73. The number of carbonyl (C=O) groups is 1. The van der Waals surface area contributed by atoms with Crippen LogP contribution in [0.25, 0.3) is 5.57 Å². The maximum Gasteiger partial charge on any atom is 0.427 e. The van der Waals surface area contributed by atoms with Crippen molar-refractivity contribution in [2.45, 2.75) is 71.4 Å². The number of alkyl halides is 3. The van der Waals surface area contributed by atoms with E-state index in [1.165, 1.54) is 40.6 Å². The lowest BCUT2D eigenvalue weighted by Crippen LogP contribution is -2.47. The number of allylic oxidation sites excluding steroid dienone is 1. The normalized spacial score (nSPS) is 18.4. The summed E-state index contributed by atoms with van der Waals surface area (Å²) in [6, 6.07) is 26.5. The molecule has 2 aliphatic heterocycles. The van der Waals surface area contributed by atoms with Crippen molar-refractivity contribution in [2.24, 2.45) is 5.41 Å². The first-order valence-corrected chi connectivity index (χ1v) is 26.9. The average Bonchev–Trinajstić information content (AvgIpc) is 3.57. The Kier molecular flexibility index (Phi) is 16.5. The van der Waals surface area contributed by atoms with E-state index in [-0.39, 0.29) is 16.7 Å². The third-order valence-electron chi connectivity index (χ3n) is 12.4. The summed E-state index contributed by atoms with van der Waals surface area (Å²) in [6.45, 7) is 12.1. The number of carbonyl (C=O) groups excluding carboxylic acids is 1. The minimum atomic E-state index is -5.63. The van der Waals surface area contributed by atoms with Crippen LogP contribution in [-0.2, 0) is 24.6 Å². The Morgan fingerprint density at radius 1 is 0.879 bits per heavy atom. The summed E-state index contributed by atoms with van der Waals surface area (Å²) in [6.07, 6.45) is 4.54. The largest absolute Gasteiger partial charge is 0.427 e. The van der Waals surface area contributed by atoms with Crippen LogP contribution in [0, 0.1) is 5.41 Å². The number of benzene rings is 4. The van der Waals surface area contributed by atoms with Gasteiger partial charge in [0.1, 0.15) is 0 Å². The van der Waals surface area contributed by atoms with Crippen molar-refractivity contribution in [2.75, 3.05) is 81.5 Å². The molecule has 0 spiro atoms. The van der Waals surface area contributed by atoms with Crippen LogP contribution in [0.4, 0.5) is 20.2 Å². The molecule has 18 heteroatoms. The molecular weight excluding hydrogens is 948 g/mol. The zero-order valence-corrected chi connectivity index (χ0v) is 41.1. The molecule has 66 heavy (non-hydrogen) atoms. The van der Waals surface area contributed by atoms with E-state index in [1.807, 2.05) is 47.2 Å². The Labute approximate surface area is 402 Å². The molecule has 11 nitrogen and oxygen atoms in total. The molecular formula is C48H57Cl2F2N5O6S3. The zero-order valence-electron chi connectivity index (χ0n) is 37.2. The number of piperazine rings is 1. The summed E-state index contributed by atoms with van der Waals surface area (Å²) >= 11 is 12.9. The second-order valence-corrected chi connectivity index (χ2v) is 23.7. The van der Waals surface area contributed by atoms with Gasteiger partial charge in [-0.2, -0.15) is 8.78 Å². The molecule has 7 rings (SSSR count). The van der Waals surface area contributed by atoms with Gasteiger partial charge >= 0.3 is 4.71 Å². The van der Waals surface area contributed by atoms with Crippen LogP contribution in [0.1, 0.15) is 61.9 Å². The summed E-state index contributed by atoms with van der Waals surface area (Å²) in [4.78, 5) is 19.6. The third kappa shape index (κ3) is 13.1. The first kappa shape index (κ1) is 50.1. The minimum Gasteiger partial charge on any atom is -0.380 e. The number of ether oxygens (including phenoxy) is 1. The topological polar surface area (TPSA) is 128 Å². The minimum absolute atomic E-state index is 0.0377. The van der Waals surface area contributed by atoms with Crippen molar-refractivity contribution in [3.63, 3.8) is 0 Å². The van der Waals surface area contributed by atoms with Crippen molar-refractivity contribution < 1.29 is 35.1 Å². The van der Waals surface area contributed by atoms with Gasteiger partial charge in [-0.1, -0.05) is 61.4 Å². The van der Waals surface area contributed by atoms with Crippen LogP contribution in [0.3, 0.4) is 0 Å². The van der Waals surface area contributed by atoms with Gasteiger partial charge in [-0.15, -0.1) is 11.8 Å². The molecule has 2 fully saturated rings. The van der Waals surface area contributed by atoms with Crippen molar-refractivity contribution >= 4 is 77.7 Å². The maximum atomic E-state index is 14.6. The predicted molar refractivity (Wildman–Crippen MR) is 261 cm³/mol.